The predicted molar refractivity (Wildman–Crippen MR) is 76.6 cm³/mol. The minimum absolute atomic E-state index is 0.0100. The lowest BCUT2D eigenvalue weighted by Gasteiger charge is -2.16. The zero-order valence-corrected chi connectivity index (χ0v) is 11.3. The Labute approximate surface area is 111 Å². The molecule has 3 nitrogen and oxygen atoms in total. The van der Waals surface area contributed by atoms with Gasteiger partial charge in [-0.25, -0.2) is 5.43 Å². The van der Waals surface area contributed by atoms with Gasteiger partial charge in [0.15, 0.2) is 0 Å². The van der Waals surface area contributed by atoms with Crippen molar-refractivity contribution in [1.29, 1.82) is 0 Å². The van der Waals surface area contributed by atoms with Crippen LogP contribution in [0, 0.1) is 5.92 Å². The summed E-state index contributed by atoms with van der Waals surface area (Å²) in [6.07, 6.45) is 6.61. The maximum Gasteiger partial charge on any atom is 0.240 e. The summed E-state index contributed by atoms with van der Waals surface area (Å²) in [5, 5.41) is 4.09. The highest BCUT2D eigenvalue weighted by molar-refractivity contribution is 7.98. The Hall–Kier alpha value is -1.55. The molecule has 2 rings (SSSR count). The number of hydrogen-bond acceptors (Lipinski definition) is 3. The van der Waals surface area contributed by atoms with Crippen LogP contribution < -0.4 is 5.43 Å². The van der Waals surface area contributed by atoms with Crippen molar-refractivity contribution in [3.05, 3.63) is 35.9 Å². The topological polar surface area (TPSA) is 41.5 Å². The predicted octanol–water partition coefficient (Wildman–Crippen LogP) is 2.93. The maximum absolute atomic E-state index is 11.1. The van der Waals surface area contributed by atoms with Gasteiger partial charge in [0.1, 0.15) is 0 Å². The number of rotatable bonds is 3. The summed E-state index contributed by atoms with van der Waals surface area (Å²) in [6, 6.07) is 8.23. The summed E-state index contributed by atoms with van der Waals surface area (Å²) >= 11 is 1.72. The molecule has 4 heteroatoms. The van der Waals surface area contributed by atoms with Crippen LogP contribution in [-0.4, -0.2) is 17.9 Å². The number of benzene rings is 1. The number of allylic oxidation sites excluding steroid dienone is 1. The van der Waals surface area contributed by atoms with Gasteiger partial charge in [-0.3, -0.25) is 4.79 Å². The fourth-order valence-electron chi connectivity index (χ4n) is 1.85. The molecule has 0 saturated heterocycles. The van der Waals surface area contributed by atoms with E-state index in [2.05, 4.69) is 35.0 Å². The summed E-state index contributed by atoms with van der Waals surface area (Å²) in [4.78, 5) is 12.4. The molecule has 1 aliphatic heterocycles. The van der Waals surface area contributed by atoms with E-state index in [9.17, 15) is 4.79 Å². The van der Waals surface area contributed by atoms with Gasteiger partial charge in [-0.2, -0.15) is 5.10 Å². The van der Waals surface area contributed by atoms with E-state index in [1.54, 1.807) is 11.8 Å². The van der Waals surface area contributed by atoms with Crippen LogP contribution in [-0.2, 0) is 4.79 Å². The lowest BCUT2D eigenvalue weighted by atomic mass is 9.99. The summed E-state index contributed by atoms with van der Waals surface area (Å²) in [6.45, 7) is 2.02. The minimum atomic E-state index is -0.0100. The summed E-state index contributed by atoms with van der Waals surface area (Å²) in [5.74, 6) is 0.167. The van der Waals surface area contributed by atoms with Crippen molar-refractivity contribution in [1.82, 2.24) is 5.43 Å². The Morgan fingerprint density at radius 3 is 2.89 bits per heavy atom. The molecule has 94 valence electrons. The first-order valence-electron chi connectivity index (χ1n) is 5.88. The average molecular weight is 260 g/mol. The summed E-state index contributed by atoms with van der Waals surface area (Å²) in [5.41, 5.74) is 4.62. The fraction of sp³-hybridized carbons (Fsp3) is 0.286. The zero-order valence-electron chi connectivity index (χ0n) is 10.5. The molecule has 1 aromatic carbocycles. The van der Waals surface area contributed by atoms with E-state index in [1.807, 2.05) is 25.1 Å². The molecule has 0 spiro atoms. The molecule has 0 fully saturated rings. The second-order valence-corrected chi connectivity index (χ2v) is 5.10. The van der Waals surface area contributed by atoms with Crippen LogP contribution >= 0.6 is 11.8 Å². The van der Waals surface area contributed by atoms with E-state index in [1.165, 1.54) is 10.5 Å². The van der Waals surface area contributed by atoms with Crippen molar-refractivity contribution in [3.8, 4) is 0 Å². The fourth-order valence-corrected chi connectivity index (χ4v) is 2.43. The van der Waals surface area contributed by atoms with Crippen LogP contribution in [0.3, 0.4) is 0 Å². The molecular weight excluding hydrogens is 244 g/mol. The molecule has 0 aromatic heterocycles. The molecule has 18 heavy (non-hydrogen) atoms. The highest BCUT2D eigenvalue weighted by Gasteiger charge is 2.17. The number of carbonyl (C=O) groups is 1. The minimum Gasteiger partial charge on any atom is -0.273 e. The Morgan fingerprint density at radius 2 is 2.17 bits per heavy atom. The van der Waals surface area contributed by atoms with E-state index in [4.69, 9.17) is 0 Å². The number of thioether (sulfide) groups is 1. The van der Waals surface area contributed by atoms with E-state index >= 15 is 0 Å². The Kier molecular flexibility index (Phi) is 4.20. The molecule has 0 aliphatic carbocycles. The van der Waals surface area contributed by atoms with E-state index in [0.717, 1.165) is 5.71 Å². The van der Waals surface area contributed by atoms with Gasteiger partial charge in [-0.05, 0) is 24.0 Å². The third-order valence-corrected chi connectivity index (χ3v) is 3.69. The first-order chi connectivity index (χ1) is 8.70. The van der Waals surface area contributed by atoms with Crippen molar-refractivity contribution in [2.75, 3.05) is 6.26 Å². The van der Waals surface area contributed by atoms with E-state index < -0.39 is 0 Å². The van der Waals surface area contributed by atoms with Crippen LogP contribution in [0.4, 0.5) is 0 Å². The number of hydrazone groups is 1. The molecule has 1 atom stereocenters. The van der Waals surface area contributed by atoms with Gasteiger partial charge in [0, 0.05) is 17.2 Å². The number of nitrogens with one attached hydrogen (secondary N) is 1. The zero-order chi connectivity index (χ0) is 13.0. The van der Waals surface area contributed by atoms with Gasteiger partial charge in [0.05, 0.1) is 5.71 Å². The van der Waals surface area contributed by atoms with Gasteiger partial charge in [-0.15, -0.1) is 11.8 Å². The van der Waals surface area contributed by atoms with Gasteiger partial charge in [0.25, 0.3) is 0 Å². The third kappa shape index (κ3) is 3.01. The number of amides is 1. The van der Waals surface area contributed by atoms with Crippen LogP contribution in [0.5, 0.6) is 0 Å². The Balaban J connectivity index is 2.18. The molecule has 1 unspecified atom stereocenters. The SMILES string of the molecule is CSc1ccccc1C=CC1=NNC(=O)CC1C. The Morgan fingerprint density at radius 1 is 1.39 bits per heavy atom. The highest BCUT2D eigenvalue weighted by Crippen LogP contribution is 2.21. The van der Waals surface area contributed by atoms with E-state index in [-0.39, 0.29) is 11.8 Å². The molecule has 1 amide bonds. The first kappa shape index (κ1) is 12.9. The lowest BCUT2D eigenvalue weighted by molar-refractivity contribution is -0.121. The molecule has 1 N–H and O–H groups in total. The normalized spacial score (nSPS) is 19.8. The van der Waals surface area contributed by atoms with Crippen LogP contribution in [0.25, 0.3) is 6.08 Å². The van der Waals surface area contributed by atoms with Crippen molar-refractivity contribution in [2.45, 2.75) is 18.2 Å². The second kappa shape index (κ2) is 5.87. The van der Waals surface area contributed by atoms with Gasteiger partial charge in [0.2, 0.25) is 5.91 Å². The van der Waals surface area contributed by atoms with Crippen molar-refractivity contribution in [2.24, 2.45) is 11.0 Å². The van der Waals surface area contributed by atoms with Crippen LogP contribution in [0.2, 0.25) is 0 Å². The third-order valence-electron chi connectivity index (χ3n) is 2.88. The number of hydrogen-bond donors (Lipinski definition) is 1. The average Bonchev–Trinajstić information content (AvgIpc) is 2.38. The molecule has 1 aliphatic rings. The molecule has 0 saturated carbocycles. The van der Waals surface area contributed by atoms with Crippen LogP contribution in [0.1, 0.15) is 18.9 Å². The molecule has 1 aromatic rings. The molecule has 0 radical (unpaired) electrons. The van der Waals surface area contributed by atoms with Gasteiger partial charge in [-0.1, -0.05) is 31.2 Å². The number of carbonyl (C=O) groups excluding carboxylic acids is 1. The largest absolute Gasteiger partial charge is 0.273 e. The van der Waals surface area contributed by atoms with Gasteiger partial charge < -0.3 is 0 Å². The molecule has 0 bridgehead atoms. The first-order valence-corrected chi connectivity index (χ1v) is 7.10. The van der Waals surface area contributed by atoms with E-state index in [0.29, 0.717) is 6.42 Å². The quantitative estimate of drug-likeness (QED) is 0.849. The van der Waals surface area contributed by atoms with Gasteiger partial charge >= 0.3 is 0 Å². The lowest BCUT2D eigenvalue weighted by Crippen LogP contribution is -2.30. The standard InChI is InChI=1S/C14H16N2OS/c1-10-9-14(17)16-15-12(10)8-7-11-5-3-4-6-13(11)18-2/h3-8,10H,9H2,1-2H3,(H,16,17). The summed E-state index contributed by atoms with van der Waals surface area (Å²) < 4.78 is 0. The molecule has 1 heterocycles. The summed E-state index contributed by atoms with van der Waals surface area (Å²) in [7, 11) is 0. The van der Waals surface area contributed by atoms with Crippen molar-refractivity contribution < 1.29 is 4.79 Å². The molecular formula is C14H16N2OS. The second-order valence-electron chi connectivity index (χ2n) is 4.25. The van der Waals surface area contributed by atoms with Crippen LogP contribution in [0.15, 0.2) is 40.3 Å². The smallest absolute Gasteiger partial charge is 0.240 e. The monoisotopic (exact) mass is 260 g/mol. The number of nitrogens with zero attached hydrogens (tertiary/aromatic N) is 1. The maximum atomic E-state index is 11.1. The highest BCUT2D eigenvalue weighted by atomic mass is 32.2. The van der Waals surface area contributed by atoms with Crippen molar-refractivity contribution >= 4 is 29.5 Å². The Bertz CT molecular complexity index is 508. The van der Waals surface area contributed by atoms with Crippen molar-refractivity contribution in [3.63, 3.8) is 0 Å².